The summed E-state index contributed by atoms with van der Waals surface area (Å²) in [5, 5.41) is -0.230. The Kier molecular flexibility index (Phi) is 7.75. The van der Waals surface area contributed by atoms with Gasteiger partial charge in [-0.05, 0) is 50.2 Å². The minimum absolute atomic E-state index is 0.0216. The van der Waals surface area contributed by atoms with Gasteiger partial charge in [-0.2, -0.15) is 13.2 Å². The highest BCUT2D eigenvalue weighted by Crippen LogP contribution is 2.37. The second kappa shape index (κ2) is 9.86. The van der Waals surface area contributed by atoms with Crippen LogP contribution in [0, 0.1) is 0 Å². The average molecular weight is 463 g/mol. The van der Waals surface area contributed by atoms with Crippen LogP contribution in [0.2, 0.25) is 10.0 Å². The third-order valence-electron chi connectivity index (χ3n) is 3.51. The van der Waals surface area contributed by atoms with Crippen LogP contribution in [0.4, 0.5) is 13.2 Å². The standard InChI is InChI=1S/C20H15Cl2F3O5/c1-3-28-18(26)8-11(2)29-19(27)14-10-13(5-6-15(14)21)30-17-7-4-12(9-16(17)22)20(23,24)25/h4-10H,3H2,1-2H3/b11-8+. The molecule has 2 rings (SSSR count). The Morgan fingerprint density at radius 2 is 1.77 bits per heavy atom. The molecule has 0 radical (unpaired) electrons. The van der Waals surface area contributed by atoms with E-state index < -0.39 is 23.7 Å². The van der Waals surface area contributed by atoms with Crippen molar-refractivity contribution >= 4 is 35.1 Å². The largest absolute Gasteiger partial charge is 0.463 e. The number of alkyl halides is 3. The molecule has 0 aliphatic carbocycles. The van der Waals surface area contributed by atoms with Gasteiger partial charge in [-0.15, -0.1) is 0 Å². The van der Waals surface area contributed by atoms with Gasteiger partial charge in [-0.25, -0.2) is 9.59 Å². The Morgan fingerprint density at radius 3 is 2.37 bits per heavy atom. The van der Waals surface area contributed by atoms with Crippen molar-refractivity contribution in [2.24, 2.45) is 0 Å². The highest BCUT2D eigenvalue weighted by Gasteiger charge is 2.31. The Labute approximate surface area is 179 Å². The molecule has 2 aromatic rings. The van der Waals surface area contributed by atoms with E-state index in [0.29, 0.717) is 0 Å². The maximum atomic E-state index is 12.7. The van der Waals surface area contributed by atoms with Gasteiger partial charge < -0.3 is 14.2 Å². The summed E-state index contributed by atoms with van der Waals surface area (Å²) in [5.74, 6) is -1.54. The number of benzene rings is 2. The van der Waals surface area contributed by atoms with Crippen molar-refractivity contribution in [3.05, 3.63) is 69.4 Å². The van der Waals surface area contributed by atoms with E-state index in [2.05, 4.69) is 0 Å². The van der Waals surface area contributed by atoms with Gasteiger partial charge in [-0.3, -0.25) is 0 Å². The first kappa shape index (κ1) is 23.6. The van der Waals surface area contributed by atoms with Gasteiger partial charge in [0.15, 0.2) is 0 Å². The molecular weight excluding hydrogens is 448 g/mol. The molecule has 0 saturated heterocycles. The van der Waals surface area contributed by atoms with Gasteiger partial charge in [0.25, 0.3) is 0 Å². The van der Waals surface area contributed by atoms with Crippen LogP contribution in [0.3, 0.4) is 0 Å². The molecule has 0 amide bonds. The summed E-state index contributed by atoms with van der Waals surface area (Å²) in [4.78, 5) is 23.7. The maximum Gasteiger partial charge on any atom is 0.416 e. The lowest BCUT2D eigenvalue weighted by Gasteiger charge is -2.12. The number of rotatable bonds is 6. The van der Waals surface area contributed by atoms with Crippen molar-refractivity contribution in [3.8, 4) is 11.5 Å². The molecule has 0 atom stereocenters. The van der Waals surface area contributed by atoms with Gasteiger partial charge in [0, 0.05) is 0 Å². The average Bonchev–Trinajstić information content (AvgIpc) is 2.63. The van der Waals surface area contributed by atoms with E-state index in [0.717, 1.165) is 24.3 Å². The van der Waals surface area contributed by atoms with E-state index in [9.17, 15) is 22.8 Å². The molecule has 0 aliphatic rings. The zero-order chi connectivity index (χ0) is 22.5. The molecule has 0 bridgehead atoms. The molecule has 0 N–H and O–H groups in total. The first-order valence-electron chi connectivity index (χ1n) is 8.42. The van der Waals surface area contributed by atoms with E-state index in [4.69, 9.17) is 37.4 Å². The SMILES string of the molecule is CCOC(=O)/C=C(\C)OC(=O)c1cc(Oc2ccc(C(F)(F)F)cc2Cl)ccc1Cl. The summed E-state index contributed by atoms with van der Waals surface area (Å²) in [5.41, 5.74) is -1.02. The third-order valence-corrected chi connectivity index (χ3v) is 4.13. The smallest absolute Gasteiger partial charge is 0.416 e. The summed E-state index contributed by atoms with van der Waals surface area (Å²) in [6, 6.07) is 6.58. The van der Waals surface area contributed by atoms with Crippen LogP contribution in [0.1, 0.15) is 29.8 Å². The van der Waals surface area contributed by atoms with Crippen molar-refractivity contribution in [3.63, 3.8) is 0 Å². The van der Waals surface area contributed by atoms with Crippen molar-refractivity contribution in [2.75, 3.05) is 6.61 Å². The summed E-state index contributed by atoms with van der Waals surface area (Å²) in [6.45, 7) is 3.17. The Hall–Kier alpha value is -2.71. The highest BCUT2D eigenvalue weighted by molar-refractivity contribution is 6.33. The first-order chi connectivity index (χ1) is 14.0. The molecule has 0 fully saturated rings. The van der Waals surface area contributed by atoms with Crippen LogP contribution in [-0.4, -0.2) is 18.5 Å². The van der Waals surface area contributed by atoms with E-state index in [-0.39, 0.29) is 39.5 Å². The van der Waals surface area contributed by atoms with Crippen molar-refractivity contribution in [1.29, 1.82) is 0 Å². The van der Waals surface area contributed by atoms with Crippen molar-refractivity contribution in [2.45, 2.75) is 20.0 Å². The van der Waals surface area contributed by atoms with Crippen molar-refractivity contribution in [1.82, 2.24) is 0 Å². The molecule has 10 heteroatoms. The summed E-state index contributed by atoms with van der Waals surface area (Å²) in [6.07, 6.45) is -3.55. The van der Waals surface area contributed by atoms with Gasteiger partial charge in [0.2, 0.25) is 0 Å². The molecule has 0 heterocycles. The fraction of sp³-hybridized carbons (Fsp3) is 0.200. The fourth-order valence-electron chi connectivity index (χ4n) is 2.19. The normalized spacial score (nSPS) is 11.8. The number of carbonyl (C=O) groups excluding carboxylic acids is 2. The third kappa shape index (κ3) is 6.40. The summed E-state index contributed by atoms with van der Waals surface area (Å²) >= 11 is 11.9. The van der Waals surface area contributed by atoms with Crippen LogP contribution >= 0.6 is 23.2 Å². The predicted octanol–water partition coefficient (Wildman–Crippen LogP) is 6.43. The van der Waals surface area contributed by atoms with Gasteiger partial charge in [0.1, 0.15) is 17.3 Å². The summed E-state index contributed by atoms with van der Waals surface area (Å²) < 4.78 is 53.5. The monoisotopic (exact) mass is 462 g/mol. The second-order valence-electron chi connectivity index (χ2n) is 5.78. The number of carbonyl (C=O) groups is 2. The zero-order valence-electron chi connectivity index (χ0n) is 15.7. The lowest BCUT2D eigenvalue weighted by molar-refractivity contribution is -0.138. The molecule has 0 spiro atoms. The Morgan fingerprint density at radius 1 is 1.07 bits per heavy atom. The predicted molar refractivity (Wildman–Crippen MR) is 104 cm³/mol. The molecule has 30 heavy (non-hydrogen) atoms. The lowest BCUT2D eigenvalue weighted by Crippen LogP contribution is -2.07. The van der Waals surface area contributed by atoms with Gasteiger partial charge in [0.05, 0.1) is 33.9 Å². The molecule has 0 saturated carbocycles. The number of hydrogen-bond donors (Lipinski definition) is 0. The maximum absolute atomic E-state index is 12.7. The number of esters is 2. The summed E-state index contributed by atoms with van der Waals surface area (Å²) in [7, 11) is 0. The number of allylic oxidation sites excluding steroid dienone is 1. The highest BCUT2D eigenvalue weighted by atomic mass is 35.5. The number of ether oxygens (including phenoxy) is 3. The second-order valence-corrected chi connectivity index (χ2v) is 6.60. The van der Waals surface area contributed by atoms with Crippen LogP contribution in [0.5, 0.6) is 11.5 Å². The molecular formula is C20H15Cl2F3O5. The van der Waals surface area contributed by atoms with Crippen LogP contribution in [0.25, 0.3) is 0 Å². The number of hydrogen-bond acceptors (Lipinski definition) is 5. The first-order valence-corrected chi connectivity index (χ1v) is 9.18. The van der Waals surface area contributed by atoms with Crippen LogP contribution < -0.4 is 4.74 Å². The van der Waals surface area contributed by atoms with E-state index in [1.807, 2.05) is 0 Å². The molecule has 0 unspecified atom stereocenters. The molecule has 5 nitrogen and oxygen atoms in total. The number of halogens is 5. The fourth-order valence-corrected chi connectivity index (χ4v) is 2.61. The molecule has 2 aromatic carbocycles. The Balaban J connectivity index is 2.21. The van der Waals surface area contributed by atoms with Gasteiger partial charge in [-0.1, -0.05) is 23.2 Å². The molecule has 160 valence electrons. The van der Waals surface area contributed by atoms with Crippen LogP contribution in [-0.2, 0) is 20.4 Å². The van der Waals surface area contributed by atoms with E-state index in [1.54, 1.807) is 6.92 Å². The topological polar surface area (TPSA) is 61.8 Å². The minimum atomic E-state index is -4.55. The Bertz CT molecular complexity index is 987. The van der Waals surface area contributed by atoms with E-state index in [1.165, 1.54) is 25.1 Å². The molecule has 0 aromatic heterocycles. The zero-order valence-corrected chi connectivity index (χ0v) is 17.2. The van der Waals surface area contributed by atoms with E-state index >= 15 is 0 Å². The molecule has 0 aliphatic heterocycles. The van der Waals surface area contributed by atoms with Crippen LogP contribution in [0.15, 0.2) is 48.2 Å². The minimum Gasteiger partial charge on any atom is -0.463 e. The quantitative estimate of drug-likeness (QED) is 0.281. The van der Waals surface area contributed by atoms with Gasteiger partial charge >= 0.3 is 18.1 Å². The van der Waals surface area contributed by atoms with Crippen molar-refractivity contribution < 1.29 is 37.0 Å². The lowest BCUT2D eigenvalue weighted by atomic mass is 10.2.